The van der Waals surface area contributed by atoms with E-state index in [1.165, 1.54) is 154 Å². The summed E-state index contributed by atoms with van der Waals surface area (Å²) in [5.41, 5.74) is 0. The van der Waals surface area contributed by atoms with E-state index in [9.17, 15) is 9.59 Å². The number of nitrogens with one attached hydrogen (secondary N) is 3. The van der Waals surface area contributed by atoms with Gasteiger partial charge in [-0.05, 0) is 19.9 Å². The number of nitrogens with zero attached hydrogens (tertiary/aromatic N) is 1. The van der Waals surface area contributed by atoms with E-state index in [0.717, 1.165) is 39.0 Å². The highest BCUT2D eigenvalue weighted by molar-refractivity contribution is 5.76. The monoisotopic (exact) mass is 637 g/mol. The summed E-state index contributed by atoms with van der Waals surface area (Å²) >= 11 is 0. The molecule has 0 heterocycles. The van der Waals surface area contributed by atoms with Crippen molar-refractivity contribution < 1.29 is 9.59 Å². The van der Waals surface area contributed by atoms with Gasteiger partial charge in [0.1, 0.15) is 0 Å². The second kappa shape index (κ2) is 37.3. The van der Waals surface area contributed by atoms with Crippen LogP contribution in [-0.4, -0.2) is 63.0 Å². The van der Waals surface area contributed by atoms with Gasteiger partial charge in [-0.3, -0.25) is 9.59 Å². The van der Waals surface area contributed by atoms with Crippen LogP contribution in [0.2, 0.25) is 0 Å². The minimum absolute atomic E-state index is 0.134. The third-order valence-corrected chi connectivity index (χ3v) is 9.19. The summed E-state index contributed by atoms with van der Waals surface area (Å²) in [5, 5.41) is 9.41. The van der Waals surface area contributed by atoms with Crippen molar-refractivity contribution in [1.82, 2.24) is 20.9 Å². The van der Waals surface area contributed by atoms with Gasteiger partial charge in [-0.1, -0.05) is 168 Å². The fraction of sp³-hybridized carbons (Fsp3) is 0.949. The minimum Gasteiger partial charge on any atom is -0.356 e. The highest BCUT2D eigenvalue weighted by atomic mass is 16.2. The van der Waals surface area contributed by atoms with Crippen LogP contribution in [0.15, 0.2) is 0 Å². The largest absolute Gasteiger partial charge is 0.356 e. The quantitative estimate of drug-likeness (QED) is 0.0594. The highest BCUT2D eigenvalue weighted by Crippen LogP contribution is 2.13. The molecule has 0 aliphatic carbocycles. The summed E-state index contributed by atoms with van der Waals surface area (Å²) in [6, 6.07) is 0. The van der Waals surface area contributed by atoms with Crippen LogP contribution < -0.4 is 16.0 Å². The molecule has 6 nitrogen and oxygen atoms in total. The van der Waals surface area contributed by atoms with E-state index in [-0.39, 0.29) is 11.8 Å². The van der Waals surface area contributed by atoms with Gasteiger partial charge in [0.2, 0.25) is 11.8 Å². The smallest absolute Gasteiger partial charge is 0.221 e. The molecular weight excluding hydrogens is 556 g/mol. The second-order valence-electron chi connectivity index (χ2n) is 13.6. The third kappa shape index (κ3) is 35.6. The average molecular weight is 637 g/mol. The maximum atomic E-state index is 12.4. The SMILES string of the molecule is CCCCCCCCCCCCCCCNC(=O)CCN(CCNC)CCC(=O)NCCCCCCCCCCCCCCC. The molecule has 0 atom stereocenters. The van der Waals surface area contributed by atoms with Gasteiger partial charge in [-0.2, -0.15) is 0 Å². The van der Waals surface area contributed by atoms with Gasteiger partial charge in [-0.25, -0.2) is 0 Å². The van der Waals surface area contributed by atoms with Crippen LogP contribution in [0.1, 0.15) is 194 Å². The molecule has 0 rings (SSSR count). The Morgan fingerprint density at radius 2 is 0.689 bits per heavy atom. The van der Waals surface area contributed by atoms with Crippen LogP contribution >= 0.6 is 0 Å². The summed E-state index contributed by atoms with van der Waals surface area (Å²) < 4.78 is 0. The van der Waals surface area contributed by atoms with Gasteiger partial charge in [0, 0.05) is 52.1 Å². The fourth-order valence-corrected chi connectivity index (χ4v) is 6.04. The Hall–Kier alpha value is -1.14. The first-order chi connectivity index (χ1) is 22.1. The molecule has 0 unspecified atom stereocenters. The first-order valence-electron chi connectivity index (χ1n) is 20.0. The van der Waals surface area contributed by atoms with Crippen molar-refractivity contribution in [1.29, 1.82) is 0 Å². The lowest BCUT2D eigenvalue weighted by molar-refractivity contribution is -0.121. The maximum Gasteiger partial charge on any atom is 0.221 e. The van der Waals surface area contributed by atoms with Gasteiger partial charge in [-0.15, -0.1) is 0 Å². The molecule has 0 radical (unpaired) electrons. The Labute approximate surface area is 281 Å². The summed E-state index contributed by atoms with van der Waals surface area (Å²) in [7, 11) is 1.95. The van der Waals surface area contributed by atoms with Crippen LogP contribution in [0.5, 0.6) is 0 Å². The molecule has 0 spiro atoms. The lowest BCUT2D eigenvalue weighted by Gasteiger charge is -2.21. The van der Waals surface area contributed by atoms with E-state index >= 15 is 0 Å². The Morgan fingerprint density at radius 1 is 0.400 bits per heavy atom. The first kappa shape index (κ1) is 43.9. The van der Waals surface area contributed by atoms with Crippen molar-refractivity contribution in [3.63, 3.8) is 0 Å². The van der Waals surface area contributed by atoms with E-state index in [4.69, 9.17) is 0 Å². The molecule has 0 bridgehead atoms. The molecule has 3 N–H and O–H groups in total. The van der Waals surface area contributed by atoms with Crippen LogP contribution in [-0.2, 0) is 9.59 Å². The number of hydrogen-bond donors (Lipinski definition) is 3. The summed E-state index contributed by atoms with van der Waals surface area (Å²) in [5.74, 6) is 0.269. The van der Waals surface area contributed by atoms with Crippen LogP contribution in [0, 0.1) is 0 Å². The Morgan fingerprint density at radius 3 is 0.978 bits per heavy atom. The van der Waals surface area contributed by atoms with Crippen molar-refractivity contribution in [2.24, 2.45) is 0 Å². The number of rotatable bonds is 37. The molecule has 0 saturated heterocycles. The van der Waals surface area contributed by atoms with Gasteiger partial charge in [0.05, 0.1) is 0 Å². The maximum absolute atomic E-state index is 12.4. The van der Waals surface area contributed by atoms with Crippen molar-refractivity contribution in [2.75, 3.05) is 46.3 Å². The van der Waals surface area contributed by atoms with E-state index in [1.807, 2.05) is 7.05 Å². The molecule has 0 aliphatic rings. The van der Waals surface area contributed by atoms with Gasteiger partial charge in [0.15, 0.2) is 0 Å². The molecular formula is C39H80N4O2. The molecule has 0 aromatic heterocycles. The van der Waals surface area contributed by atoms with Crippen LogP contribution in [0.4, 0.5) is 0 Å². The van der Waals surface area contributed by atoms with Gasteiger partial charge < -0.3 is 20.9 Å². The van der Waals surface area contributed by atoms with Crippen LogP contribution in [0.25, 0.3) is 0 Å². The fourth-order valence-electron chi connectivity index (χ4n) is 6.04. The molecule has 0 fully saturated rings. The normalized spacial score (nSPS) is 11.4. The molecule has 2 amide bonds. The average Bonchev–Trinajstić information content (AvgIpc) is 3.04. The summed E-state index contributed by atoms with van der Waals surface area (Å²) in [4.78, 5) is 27.1. The standard InChI is InChI=1S/C39H80N4O2/c1-4-6-8-10-12-14-16-18-20-22-24-26-28-32-41-38(44)30-35-43(37-34-40-3)36-31-39(45)42-33-29-27-25-23-21-19-17-15-13-11-9-7-5-2/h40H,4-37H2,1-3H3,(H,41,44)(H,42,45). The van der Waals surface area contributed by atoms with Crippen LogP contribution in [0.3, 0.4) is 0 Å². The zero-order chi connectivity index (χ0) is 32.9. The predicted molar refractivity (Wildman–Crippen MR) is 197 cm³/mol. The topological polar surface area (TPSA) is 73.5 Å². The lowest BCUT2D eigenvalue weighted by Crippen LogP contribution is -2.37. The Bertz CT molecular complexity index is 568. The summed E-state index contributed by atoms with van der Waals surface area (Å²) in [6.45, 7) is 9.26. The van der Waals surface area contributed by atoms with Gasteiger partial charge in [0.25, 0.3) is 0 Å². The second-order valence-corrected chi connectivity index (χ2v) is 13.6. The molecule has 6 heteroatoms. The number of carbonyl (C=O) groups excluding carboxylic acids is 2. The first-order valence-corrected chi connectivity index (χ1v) is 20.0. The number of unbranched alkanes of at least 4 members (excludes halogenated alkanes) is 24. The molecule has 0 aromatic rings. The summed E-state index contributed by atoms with van der Waals surface area (Å²) in [6.07, 6.45) is 35.9. The van der Waals surface area contributed by atoms with E-state index < -0.39 is 0 Å². The zero-order valence-electron chi connectivity index (χ0n) is 30.8. The molecule has 0 saturated carbocycles. The van der Waals surface area contributed by atoms with Crippen molar-refractivity contribution in [3.8, 4) is 0 Å². The molecule has 45 heavy (non-hydrogen) atoms. The Balaban J connectivity index is 3.69. The zero-order valence-corrected chi connectivity index (χ0v) is 30.8. The van der Waals surface area contributed by atoms with Crippen molar-refractivity contribution >= 4 is 11.8 Å². The van der Waals surface area contributed by atoms with Crippen molar-refractivity contribution in [2.45, 2.75) is 194 Å². The van der Waals surface area contributed by atoms with Crippen molar-refractivity contribution in [3.05, 3.63) is 0 Å². The molecule has 0 aliphatic heterocycles. The Kier molecular flexibility index (Phi) is 36.4. The molecule has 268 valence electrons. The number of hydrogen-bond acceptors (Lipinski definition) is 4. The number of likely N-dealkylation sites (N-methyl/N-ethyl adjacent to an activating group) is 1. The van der Waals surface area contributed by atoms with Gasteiger partial charge >= 0.3 is 0 Å². The lowest BCUT2D eigenvalue weighted by atomic mass is 10.0. The van der Waals surface area contributed by atoms with E-state index in [0.29, 0.717) is 25.9 Å². The van der Waals surface area contributed by atoms with E-state index in [1.54, 1.807) is 0 Å². The minimum atomic E-state index is 0.134. The molecule has 0 aromatic carbocycles. The number of carbonyl (C=O) groups is 2. The highest BCUT2D eigenvalue weighted by Gasteiger charge is 2.10. The number of amides is 2. The van der Waals surface area contributed by atoms with E-state index in [2.05, 4.69) is 34.7 Å². The predicted octanol–water partition coefficient (Wildman–Crippen LogP) is 9.70. The third-order valence-electron chi connectivity index (χ3n) is 9.19.